The van der Waals surface area contributed by atoms with Gasteiger partial charge in [0.25, 0.3) is 0 Å². The summed E-state index contributed by atoms with van der Waals surface area (Å²) in [6, 6.07) is -0.0741. The second-order valence-electron chi connectivity index (χ2n) is 2.12. The molecule has 1 rings (SSSR count). The van der Waals surface area contributed by atoms with E-state index in [-0.39, 0.29) is 6.04 Å². The van der Waals surface area contributed by atoms with Crippen molar-refractivity contribution in [2.75, 3.05) is 6.54 Å². The molecule has 0 radical (unpaired) electrons. The van der Waals surface area contributed by atoms with Crippen LogP contribution in [0.5, 0.6) is 0 Å². The van der Waals surface area contributed by atoms with Crippen molar-refractivity contribution in [2.24, 2.45) is 0 Å². The Morgan fingerprint density at radius 3 is 2.50 bits per heavy atom. The summed E-state index contributed by atoms with van der Waals surface area (Å²) < 4.78 is 0. The van der Waals surface area contributed by atoms with E-state index < -0.39 is 6.29 Å². The Hall–Kier alpha value is -0.120. The van der Waals surface area contributed by atoms with Gasteiger partial charge in [0.1, 0.15) is 0 Å². The van der Waals surface area contributed by atoms with Gasteiger partial charge in [-0.25, -0.2) is 0 Å². The first-order chi connectivity index (χ1) is 3.80. The lowest BCUT2D eigenvalue weighted by Crippen LogP contribution is -2.34. The molecular formula is C5H11NO2. The molecule has 0 aromatic heterocycles. The van der Waals surface area contributed by atoms with E-state index in [1.54, 1.807) is 0 Å². The van der Waals surface area contributed by atoms with Crippen LogP contribution < -0.4 is 5.32 Å². The molecule has 1 heterocycles. The first-order valence-corrected chi connectivity index (χ1v) is 2.90. The summed E-state index contributed by atoms with van der Waals surface area (Å²) in [5.74, 6) is 0. The van der Waals surface area contributed by atoms with Gasteiger partial charge >= 0.3 is 0 Å². The van der Waals surface area contributed by atoms with Gasteiger partial charge in [-0.1, -0.05) is 0 Å². The Balaban J connectivity index is 2.24. The van der Waals surface area contributed by atoms with Gasteiger partial charge in [0.05, 0.1) is 6.04 Å². The predicted octanol–water partition coefficient (Wildman–Crippen LogP) is -0.951. The Morgan fingerprint density at radius 1 is 1.50 bits per heavy atom. The third-order valence-corrected chi connectivity index (χ3v) is 1.46. The number of nitrogens with one attached hydrogen (secondary N) is 1. The number of hydrogen-bond donors (Lipinski definition) is 3. The van der Waals surface area contributed by atoms with Crippen molar-refractivity contribution in [1.82, 2.24) is 5.32 Å². The Morgan fingerprint density at radius 2 is 2.25 bits per heavy atom. The van der Waals surface area contributed by atoms with Crippen LogP contribution in [0.3, 0.4) is 0 Å². The zero-order valence-electron chi connectivity index (χ0n) is 4.67. The molecule has 0 aromatic rings. The summed E-state index contributed by atoms with van der Waals surface area (Å²) >= 11 is 0. The maximum Gasteiger partial charge on any atom is 0.167 e. The molecular weight excluding hydrogens is 106 g/mol. The van der Waals surface area contributed by atoms with Crippen LogP contribution in [0, 0.1) is 0 Å². The highest BCUT2D eigenvalue weighted by molar-refractivity contribution is 4.74. The van der Waals surface area contributed by atoms with E-state index in [4.69, 9.17) is 10.2 Å². The van der Waals surface area contributed by atoms with Crippen LogP contribution in [-0.4, -0.2) is 29.1 Å². The van der Waals surface area contributed by atoms with Crippen LogP contribution in [0.1, 0.15) is 12.8 Å². The van der Waals surface area contributed by atoms with Gasteiger partial charge in [-0.05, 0) is 19.4 Å². The molecule has 0 saturated carbocycles. The van der Waals surface area contributed by atoms with Crippen molar-refractivity contribution in [3.05, 3.63) is 0 Å². The average molecular weight is 117 g/mol. The third-order valence-electron chi connectivity index (χ3n) is 1.46. The number of aliphatic hydroxyl groups excluding tert-OH is 1. The van der Waals surface area contributed by atoms with Crippen molar-refractivity contribution in [3.63, 3.8) is 0 Å². The molecule has 0 aliphatic carbocycles. The topological polar surface area (TPSA) is 52.5 Å². The van der Waals surface area contributed by atoms with Crippen LogP contribution in [0.2, 0.25) is 0 Å². The van der Waals surface area contributed by atoms with Gasteiger partial charge in [-0.15, -0.1) is 0 Å². The summed E-state index contributed by atoms with van der Waals surface area (Å²) in [4.78, 5) is 0. The lowest BCUT2D eigenvalue weighted by molar-refractivity contribution is -0.0624. The van der Waals surface area contributed by atoms with Crippen LogP contribution in [0.4, 0.5) is 0 Å². The number of aliphatic hydroxyl groups is 2. The fraction of sp³-hybridized carbons (Fsp3) is 1.00. The van der Waals surface area contributed by atoms with Gasteiger partial charge in [0, 0.05) is 0 Å². The van der Waals surface area contributed by atoms with Gasteiger partial charge in [-0.2, -0.15) is 0 Å². The van der Waals surface area contributed by atoms with Gasteiger partial charge in [0.2, 0.25) is 0 Å². The second kappa shape index (κ2) is 2.44. The Bertz CT molecular complexity index is 68.8. The number of rotatable bonds is 1. The summed E-state index contributed by atoms with van der Waals surface area (Å²) in [5.41, 5.74) is 0. The van der Waals surface area contributed by atoms with Crippen molar-refractivity contribution in [2.45, 2.75) is 25.2 Å². The van der Waals surface area contributed by atoms with Crippen LogP contribution >= 0.6 is 0 Å². The molecule has 0 bridgehead atoms. The Kier molecular flexibility index (Phi) is 1.83. The minimum atomic E-state index is -1.17. The summed E-state index contributed by atoms with van der Waals surface area (Å²) in [6.07, 6.45) is 0.775. The molecule has 1 saturated heterocycles. The molecule has 8 heavy (non-hydrogen) atoms. The largest absolute Gasteiger partial charge is 0.367 e. The molecule has 1 aliphatic rings. The van der Waals surface area contributed by atoms with E-state index in [2.05, 4.69) is 5.32 Å². The van der Waals surface area contributed by atoms with E-state index in [9.17, 15) is 0 Å². The predicted molar refractivity (Wildman–Crippen MR) is 29.3 cm³/mol. The lowest BCUT2D eigenvalue weighted by atomic mass is 10.2. The molecule has 3 nitrogen and oxygen atoms in total. The molecule has 0 aromatic carbocycles. The molecule has 3 N–H and O–H groups in total. The quantitative estimate of drug-likeness (QED) is 0.388. The van der Waals surface area contributed by atoms with Gasteiger partial charge in [-0.3, -0.25) is 0 Å². The van der Waals surface area contributed by atoms with E-state index >= 15 is 0 Å². The highest BCUT2D eigenvalue weighted by atomic mass is 16.5. The molecule has 1 unspecified atom stereocenters. The zero-order chi connectivity index (χ0) is 5.98. The van der Waals surface area contributed by atoms with Crippen LogP contribution in [0.25, 0.3) is 0 Å². The Labute approximate surface area is 48.3 Å². The fourth-order valence-corrected chi connectivity index (χ4v) is 0.966. The SMILES string of the molecule is OC(O)C1CCCN1. The monoisotopic (exact) mass is 117 g/mol. The standard InChI is InChI=1S/C5H11NO2/c7-5(8)4-2-1-3-6-4/h4-8H,1-3H2. The molecule has 48 valence electrons. The van der Waals surface area contributed by atoms with Crippen molar-refractivity contribution in [1.29, 1.82) is 0 Å². The lowest BCUT2D eigenvalue weighted by Gasteiger charge is -2.10. The third kappa shape index (κ3) is 1.18. The minimum absolute atomic E-state index is 0.0741. The molecule has 1 aliphatic heterocycles. The molecule has 1 fully saturated rings. The second-order valence-corrected chi connectivity index (χ2v) is 2.12. The molecule has 3 heteroatoms. The fourth-order valence-electron chi connectivity index (χ4n) is 0.966. The van der Waals surface area contributed by atoms with Gasteiger partial charge < -0.3 is 15.5 Å². The van der Waals surface area contributed by atoms with Crippen LogP contribution in [0.15, 0.2) is 0 Å². The van der Waals surface area contributed by atoms with E-state index in [1.165, 1.54) is 0 Å². The summed E-state index contributed by atoms with van der Waals surface area (Å²) in [6.45, 7) is 0.919. The van der Waals surface area contributed by atoms with Gasteiger partial charge in [0.15, 0.2) is 6.29 Å². The summed E-state index contributed by atoms with van der Waals surface area (Å²) in [7, 11) is 0. The van der Waals surface area contributed by atoms with Crippen LogP contribution in [-0.2, 0) is 0 Å². The first kappa shape index (κ1) is 6.01. The molecule has 0 amide bonds. The maximum atomic E-state index is 8.55. The highest BCUT2D eigenvalue weighted by Crippen LogP contribution is 2.06. The maximum absolute atomic E-state index is 8.55. The van der Waals surface area contributed by atoms with E-state index in [1.807, 2.05) is 0 Å². The minimum Gasteiger partial charge on any atom is -0.367 e. The van der Waals surface area contributed by atoms with Crippen molar-refractivity contribution in [3.8, 4) is 0 Å². The van der Waals surface area contributed by atoms with E-state index in [0.717, 1.165) is 19.4 Å². The normalized spacial score (nSPS) is 29.6. The summed E-state index contributed by atoms with van der Waals surface area (Å²) in [5, 5.41) is 20.0. The van der Waals surface area contributed by atoms with Crippen molar-refractivity contribution < 1.29 is 10.2 Å². The zero-order valence-corrected chi connectivity index (χ0v) is 4.67. The first-order valence-electron chi connectivity index (χ1n) is 2.90. The molecule has 0 spiro atoms. The highest BCUT2D eigenvalue weighted by Gasteiger charge is 2.19. The average Bonchev–Trinajstić information content (AvgIpc) is 2.12. The van der Waals surface area contributed by atoms with Crippen molar-refractivity contribution >= 4 is 0 Å². The molecule has 1 atom stereocenters. The smallest absolute Gasteiger partial charge is 0.167 e. The number of hydrogen-bond acceptors (Lipinski definition) is 3. The van der Waals surface area contributed by atoms with E-state index in [0.29, 0.717) is 0 Å².